The van der Waals surface area contributed by atoms with E-state index < -0.39 is 10.7 Å². The molecule has 1 N–H and O–H groups in total. The lowest BCUT2D eigenvalue weighted by Gasteiger charge is -2.20. The van der Waals surface area contributed by atoms with E-state index in [1.165, 1.54) is 16.7 Å². The van der Waals surface area contributed by atoms with Gasteiger partial charge in [-0.2, -0.15) is 0 Å². The van der Waals surface area contributed by atoms with Gasteiger partial charge in [-0.05, 0) is 18.1 Å². The number of halogens is 1. The largest absolute Gasteiger partial charge is 0.366 e. The Kier molecular flexibility index (Phi) is 3.62. The van der Waals surface area contributed by atoms with Gasteiger partial charge in [0.1, 0.15) is 5.82 Å². The number of hydrogen-bond acceptors (Lipinski definition) is 4. The predicted octanol–water partition coefficient (Wildman–Crippen LogP) is 2.30. The van der Waals surface area contributed by atoms with E-state index in [9.17, 15) is 19.3 Å². The van der Waals surface area contributed by atoms with Crippen LogP contribution in [0.4, 0.5) is 15.9 Å². The molecule has 0 atom stereocenters. The minimum atomic E-state index is -0.519. The lowest BCUT2D eigenvalue weighted by atomic mass is 10.0. The second kappa shape index (κ2) is 5.59. The van der Waals surface area contributed by atoms with Gasteiger partial charge in [-0.15, -0.1) is 0 Å². The molecule has 2 aromatic rings. The Morgan fingerprint density at radius 3 is 2.82 bits per heavy atom. The summed E-state index contributed by atoms with van der Waals surface area (Å²) < 4.78 is 15.1. The fourth-order valence-electron chi connectivity index (χ4n) is 2.66. The molecule has 22 heavy (non-hydrogen) atoms. The molecular formula is C15H14FN3O3. The zero-order valence-electron chi connectivity index (χ0n) is 11.7. The number of anilines is 1. The van der Waals surface area contributed by atoms with E-state index in [1.807, 2.05) is 0 Å². The molecule has 7 heteroatoms. The molecule has 6 nitrogen and oxygen atoms in total. The molecule has 0 bridgehead atoms. The van der Waals surface area contributed by atoms with Crippen LogP contribution in [0.25, 0.3) is 0 Å². The van der Waals surface area contributed by atoms with Crippen LogP contribution in [0, 0.1) is 15.9 Å². The number of fused-ring (bicyclic) bond motifs is 1. The Bertz CT molecular complexity index is 801. The summed E-state index contributed by atoms with van der Waals surface area (Å²) in [6.45, 7) is 1.01. The summed E-state index contributed by atoms with van der Waals surface area (Å²) in [6.07, 6.45) is 0.750. The van der Waals surface area contributed by atoms with Gasteiger partial charge in [0.15, 0.2) is 5.82 Å². The molecule has 1 aliphatic rings. The van der Waals surface area contributed by atoms with Crippen LogP contribution in [0.1, 0.15) is 17.5 Å². The molecule has 2 heterocycles. The van der Waals surface area contributed by atoms with E-state index in [0.29, 0.717) is 25.1 Å². The average Bonchev–Trinajstić information content (AvgIpc) is 2.52. The maximum absolute atomic E-state index is 13.8. The highest BCUT2D eigenvalue weighted by atomic mass is 19.1. The maximum atomic E-state index is 13.8. The number of pyridine rings is 1. The monoisotopic (exact) mass is 303 g/mol. The van der Waals surface area contributed by atoms with Gasteiger partial charge >= 0.3 is 5.69 Å². The highest BCUT2D eigenvalue weighted by Gasteiger charge is 2.24. The van der Waals surface area contributed by atoms with E-state index in [0.717, 1.165) is 0 Å². The number of nitrogens with zero attached hydrogens (tertiary/aromatic N) is 2. The van der Waals surface area contributed by atoms with Gasteiger partial charge < -0.3 is 5.32 Å². The fraction of sp³-hybridized carbons (Fsp3) is 0.267. The fourth-order valence-corrected chi connectivity index (χ4v) is 2.66. The number of rotatable bonds is 3. The van der Waals surface area contributed by atoms with Crippen LogP contribution in [-0.2, 0) is 13.0 Å². The summed E-state index contributed by atoms with van der Waals surface area (Å²) in [6, 6.07) is 7.36. The first kappa shape index (κ1) is 14.2. The number of nitrogens with one attached hydrogen (secondary N) is 1. The van der Waals surface area contributed by atoms with Crippen molar-refractivity contribution in [2.24, 2.45) is 0 Å². The lowest BCUT2D eigenvalue weighted by molar-refractivity contribution is -0.384. The van der Waals surface area contributed by atoms with Crippen LogP contribution in [0.5, 0.6) is 0 Å². The molecule has 1 aromatic heterocycles. The summed E-state index contributed by atoms with van der Waals surface area (Å²) >= 11 is 0. The predicted molar refractivity (Wildman–Crippen MR) is 79.7 cm³/mol. The van der Waals surface area contributed by atoms with Gasteiger partial charge in [0.2, 0.25) is 0 Å². The van der Waals surface area contributed by atoms with Gasteiger partial charge in [0.05, 0.1) is 4.92 Å². The SMILES string of the molecule is O=c1c(Cc2ccccc2F)cc([N+](=O)[O-])c2n1CCCN2. The van der Waals surface area contributed by atoms with Gasteiger partial charge in [-0.1, -0.05) is 18.2 Å². The van der Waals surface area contributed by atoms with Gasteiger partial charge in [-0.25, -0.2) is 4.39 Å². The summed E-state index contributed by atoms with van der Waals surface area (Å²) in [7, 11) is 0. The number of aromatic nitrogens is 1. The third-order valence-corrected chi connectivity index (χ3v) is 3.73. The normalized spacial score (nSPS) is 13.3. The smallest absolute Gasteiger partial charge is 0.310 e. The molecule has 0 fully saturated rings. The van der Waals surface area contributed by atoms with Crippen LogP contribution in [0.3, 0.4) is 0 Å². The number of hydrogen-bond donors (Lipinski definition) is 1. The molecule has 0 unspecified atom stereocenters. The number of benzene rings is 1. The highest BCUT2D eigenvalue weighted by molar-refractivity contribution is 5.59. The summed E-state index contributed by atoms with van der Waals surface area (Å²) in [5.74, 6) is -0.191. The molecular weight excluding hydrogens is 289 g/mol. The van der Waals surface area contributed by atoms with E-state index >= 15 is 0 Å². The first-order valence-corrected chi connectivity index (χ1v) is 6.96. The Labute approximate surface area is 125 Å². The van der Waals surface area contributed by atoms with Crippen molar-refractivity contribution in [3.05, 3.63) is 67.7 Å². The van der Waals surface area contributed by atoms with Gasteiger partial charge in [-0.3, -0.25) is 19.5 Å². The van der Waals surface area contributed by atoms with Gasteiger partial charge in [0, 0.05) is 31.1 Å². The van der Waals surface area contributed by atoms with E-state index in [-0.39, 0.29) is 29.0 Å². The molecule has 0 radical (unpaired) electrons. The summed E-state index contributed by atoms with van der Waals surface area (Å²) in [5.41, 5.74) is 0.115. The molecule has 0 amide bonds. The Morgan fingerprint density at radius 2 is 2.09 bits per heavy atom. The third-order valence-electron chi connectivity index (χ3n) is 3.73. The molecule has 0 aliphatic carbocycles. The Morgan fingerprint density at radius 1 is 1.32 bits per heavy atom. The van der Waals surface area contributed by atoms with Crippen LogP contribution in [0.15, 0.2) is 35.1 Å². The zero-order valence-corrected chi connectivity index (χ0v) is 11.7. The zero-order chi connectivity index (χ0) is 15.7. The molecule has 1 aliphatic heterocycles. The minimum Gasteiger partial charge on any atom is -0.366 e. The van der Waals surface area contributed by atoms with E-state index in [4.69, 9.17) is 0 Å². The third kappa shape index (κ3) is 2.45. The minimum absolute atomic E-state index is 0.0344. The van der Waals surface area contributed by atoms with Crippen molar-refractivity contribution in [2.75, 3.05) is 11.9 Å². The topological polar surface area (TPSA) is 77.2 Å². The summed E-state index contributed by atoms with van der Waals surface area (Å²) in [5, 5.41) is 14.1. The molecule has 0 saturated heterocycles. The molecule has 0 spiro atoms. The van der Waals surface area contributed by atoms with Crippen molar-refractivity contribution in [2.45, 2.75) is 19.4 Å². The van der Waals surface area contributed by atoms with Crippen LogP contribution < -0.4 is 10.9 Å². The molecule has 1 aromatic carbocycles. The highest BCUT2D eigenvalue weighted by Crippen LogP contribution is 2.27. The molecule has 114 valence electrons. The van der Waals surface area contributed by atoms with Gasteiger partial charge in [0.25, 0.3) is 5.56 Å². The first-order chi connectivity index (χ1) is 10.6. The van der Waals surface area contributed by atoms with E-state index in [2.05, 4.69) is 5.32 Å². The first-order valence-electron chi connectivity index (χ1n) is 6.96. The quantitative estimate of drug-likeness (QED) is 0.697. The van der Waals surface area contributed by atoms with Crippen molar-refractivity contribution in [3.8, 4) is 0 Å². The lowest BCUT2D eigenvalue weighted by Crippen LogP contribution is -2.32. The van der Waals surface area contributed by atoms with Crippen molar-refractivity contribution < 1.29 is 9.31 Å². The maximum Gasteiger partial charge on any atom is 0.310 e. The van der Waals surface area contributed by atoms with Crippen molar-refractivity contribution in [3.63, 3.8) is 0 Å². The average molecular weight is 303 g/mol. The molecule has 0 saturated carbocycles. The Hall–Kier alpha value is -2.70. The van der Waals surface area contributed by atoms with Crippen LogP contribution in [-0.4, -0.2) is 16.0 Å². The van der Waals surface area contributed by atoms with Crippen molar-refractivity contribution in [1.29, 1.82) is 0 Å². The van der Waals surface area contributed by atoms with Crippen LogP contribution in [0.2, 0.25) is 0 Å². The second-order valence-corrected chi connectivity index (χ2v) is 5.17. The van der Waals surface area contributed by atoms with Crippen LogP contribution >= 0.6 is 0 Å². The Balaban J connectivity index is 2.12. The van der Waals surface area contributed by atoms with E-state index in [1.54, 1.807) is 18.2 Å². The number of nitro groups is 1. The summed E-state index contributed by atoms with van der Waals surface area (Å²) in [4.78, 5) is 23.2. The van der Waals surface area contributed by atoms with Crippen molar-refractivity contribution >= 4 is 11.5 Å². The van der Waals surface area contributed by atoms with Crippen molar-refractivity contribution in [1.82, 2.24) is 4.57 Å². The molecule has 3 rings (SSSR count). The standard InChI is InChI=1S/C15H14FN3O3/c16-12-5-2-1-4-10(12)8-11-9-13(19(21)22)14-17-6-3-7-18(14)15(11)20/h1-2,4-5,9,17H,3,6-8H2. The second-order valence-electron chi connectivity index (χ2n) is 5.17.